The quantitative estimate of drug-likeness (QED) is 0.0957. The Hall–Kier alpha value is -1.56. The SMILES string of the molecule is C[C@H](CO)CCC(=O)[C@@H](C)[C@@H]1C(=O)C[C@H]2[C@@H]3CC=C4CC(O[C@@H]5O[C@H](CO)[C@@H](O[C@H]6O[C@H](CO)[C@@H](O)[C@H](O)[C@H]6O)[C@H](O)[C@H]5O[C@H]5O[C@@H](C)[C@H](O)[C@@H](O)[C@H]5O)CC[C@]4(C)[C@H]3CC[C@@]21C. The first-order valence-corrected chi connectivity index (χ1v) is 23.1. The predicted molar refractivity (Wildman–Crippen MR) is 218 cm³/mol. The highest BCUT2D eigenvalue weighted by Crippen LogP contribution is 2.66. The van der Waals surface area contributed by atoms with E-state index in [9.17, 15) is 60.7 Å². The van der Waals surface area contributed by atoms with Crippen LogP contribution >= 0.6 is 0 Å². The van der Waals surface area contributed by atoms with E-state index in [4.69, 9.17) is 28.4 Å². The van der Waals surface area contributed by atoms with Gasteiger partial charge in [0.1, 0.15) is 78.7 Å². The van der Waals surface area contributed by atoms with Gasteiger partial charge in [0.15, 0.2) is 18.9 Å². The summed E-state index contributed by atoms with van der Waals surface area (Å²) in [6.07, 6.45) is -15.9. The molecule has 63 heavy (non-hydrogen) atoms. The van der Waals surface area contributed by atoms with E-state index in [1.807, 2.05) is 13.8 Å². The lowest BCUT2D eigenvalue weighted by molar-refractivity contribution is -0.389. The molecule has 360 valence electrons. The highest BCUT2D eigenvalue weighted by atomic mass is 16.8. The number of rotatable bonds is 14. The lowest BCUT2D eigenvalue weighted by atomic mass is 9.47. The maximum absolute atomic E-state index is 13.8. The van der Waals surface area contributed by atoms with Crippen LogP contribution in [0.4, 0.5) is 0 Å². The third-order valence-corrected chi connectivity index (χ3v) is 16.5. The molecule has 3 heterocycles. The molecule has 4 aliphatic carbocycles. The summed E-state index contributed by atoms with van der Waals surface area (Å²) in [4.78, 5) is 27.3. The summed E-state index contributed by atoms with van der Waals surface area (Å²) in [5, 5.41) is 105. The molecule has 3 aliphatic heterocycles. The Morgan fingerprint density at radius 2 is 1.38 bits per heavy atom. The fourth-order valence-corrected chi connectivity index (χ4v) is 12.6. The number of ether oxygens (including phenoxy) is 6. The van der Waals surface area contributed by atoms with Crippen LogP contribution in [0.5, 0.6) is 0 Å². The van der Waals surface area contributed by atoms with Crippen LogP contribution in [0.2, 0.25) is 0 Å². The summed E-state index contributed by atoms with van der Waals surface area (Å²) < 4.78 is 36.1. The molecule has 0 aromatic heterocycles. The molecule has 18 nitrogen and oxygen atoms in total. The molecule has 0 spiro atoms. The van der Waals surface area contributed by atoms with Crippen molar-refractivity contribution in [1.29, 1.82) is 0 Å². The fraction of sp³-hybridized carbons (Fsp3) is 0.911. The zero-order valence-corrected chi connectivity index (χ0v) is 37.0. The Balaban J connectivity index is 1.08. The average molecular weight is 901 g/mol. The first-order valence-electron chi connectivity index (χ1n) is 23.1. The van der Waals surface area contributed by atoms with Crippen molar-refractivity contribution in [1.82, 2.24) is 0 Å². The van der Waals surface area contributed by atoms with Crippen LogP contribution in [-0.2, 0) is 38.0 Å². The molecule has 3 saturated carbocycles. The molecule has 24 atom stereocenters. The van der Waals surface area contributed by atoms with Gasteiger partial charge in [0.25, 0.3) is 0 Å². The van der Waals surface area contributed by atoms with Crippen molar-refractivity contribution in [2.75, 3.05) is 19.8 Å². The van der Waals surface area contributed by atoms with Gasteiger partial charge in [-0.05, 0) is 86.4 Å². The minimum atomic E-state index is -1.85. The molecule has 7 aliphatic rings. The third-order valence-electron chi connectivity index (χ3n) is 16.5. The highest BCUT2D eigenvalue weighted by Gasteiger charge is 2.63. The molecule has 6 fully saturated rings. The van der Waals surface area contributed by atoms with Crippen molar-refractivity contribution < 1.29 is 89.1 Å². The fourth-order valence-electron chi connectivity index (χ4n) is 12.6. The van der Waals surface area contributed by atoms with Crippen molar-refractivity contribution in [2.24, 2.45) is 46.3 Å². The lowest BCUT2D eigenvalue weighted by Crippen LogP contribution is -2.67. The largest absolute Gasteiger partial charge is 0.396 e. The number of fused-ring (bicyclic) bond motifs is 5. The zero-order valence-electron chi connectivity index (χ0n) is 37.0. The van der Waals surface area contributed by atoms with Crippen LogP contribution in [0.3, 0.4) is 0 Å². The number of carbonyl (C=O) groups excluding carboxylic acids is 2. The average Bonchev–Trinajstić information content (AvgIpc) is 3.54. The Morgan fingerprint density at radius 1 is 0.746 bits per heavy atom. The van der Waals surface area contributed by atoms with E-state index >= 15 is 0 Å². The number of ketones is 2. The summed E-state index contributed by atoms with van der Waals surface area (Å²) in [6.45, 7) is 8.35. The number of Topliss-reactive ketones (excluding diaryl/α,β-unsaturated/α-hetero) is 2. The zero-order chi connectivity index (χ0) is 45.9. The monoisotopic (exact) mass is 900 g/mol. The summed E-state index contributed by atoms with van der Waals surface area (Å²) in [5.74, 6) is 0.294. The van der Waals surface area contributed by atoms with Crippen LogP contribution in [0.1, 0.15) is 92.4 Å². The van der Waals surface area contributed by atoms with Gasteiger partial charge in [-0.3, -0.25) is 9.59 Å². The normalized spacial score (nSPS) is 49.9. The number of hydrogen-bond donors (Lipinski definition) is 10. The summed E-state index contributed by atoms with van der Waals surface area (Å²) in [5.41, 5.74) is 0.724. The minimum Gasteiger partial charge on any atom is -0.396 e. The van der Waals surface area contributed by atoms with Crippen LogP contribution in [0.15, 0.2) is 11.6 Å². The predicted octanol–water partition coefficient (Wildman–Crippen LogP) is -0.781. The van der Waals surface area contributed by atoms with E-state index in [0.29, 0.717) is 38.0 Å². The van der Waals surface area contributed by atoms with Crippen LogP contribution in [0, 0.1) is 46.3 Å². The molecule has 0 amide bonds. The standard InChI is InChI=1S/C45H72O18/c1-19(16-46)6-9-27(49)20(2)31-28(50)15-26-24-8-7-22-14-23(10-12-44(22,4)25(24)11-13-45(26,31)5)59-43-40(63-41-36(55)34(53)32(51)21(3)58-41)38(57)39(30(18-48)61-43)62-42-37(56)35(54)33(52)29(17-47)60-42/h7,19-21,23-26,29-43,46-48,51-57H,6,8-18H2,1-5H3/t19-,20+,21-,23?,24+,25-,26-,29+,30+,31+,32-,33+,34+,35-,36+,37+,38-,39+,40+,41+,42+,43+,44-,45-/m0/s1. The molecule has 0 aromatic carbocycles. The van der Waals surface area contributed by atoms with Crippen molar-refractivity contribution in [2.45, 2.75) is 191 Å². The third kappa shape index (κ3) is 9.12. The lowest BCUT2D eigenvalue weighted by Gasteiger charge is -2.58. The second-order valence-corrected chi connectivity index (χ2v) is 20.3. The Bertz CT molecular complexity index is 1630. The molecule has 0 radical (unpaired) electrons. The van der Waals surface area contributed by atoms with Gasteiger partial charge in [-0.1, -0.05) is 39.3 Å². The molecule has 7 rings (SSSR count). The first-order chi connectivity index (χ1) is 29.8. The van der Waals surface area contributed by atoms with Crippen molar-refractivity contribution in [3.05, 3.63) is 11.6 Å². The van der Waals surface area contributed by atoms with E-state index in [-0.39, 0.29) is 58.6 Å². The molecule has 1 unspecified atom stereocenters. The minimum absolute atomic E-state index is 0.0239. The molecule has 18 heteroatoms. The van der Waals surface area contributed by atoms with E-state index in [2.05, 4.69) is 19.9 Å². The Morgan fingerprint density at radius 3 is 2.05 bits per heavy atom. The number of carbonyl (C=O) groups is 2. The maximum atomic E-state index is 13.8. The molecule has 0 bridgehead atoms. The Labute approximate surface area is 368 Å². The summed E-state index contributed by atoms with van der Waals surface area (Å²) in [6, 6.07) is 0. The number of hydrogen-bond acceptors (Lipinski definition) is 18. The molecule has 10 N–H and O–H groups in total. The first kappa shape index (κ1) is 49.3. The van der Waals surface area contributed by atoms with Gasteiger partial charge in [-0.2, -0.15) is 0 Å². The van der Waals surface area contributed by atoms with Gasteiger partial charge < -0.3 is 79.5 Å². The van der Waals surface area contributed by atoms with E-state index in [0.717, 1.165) is 25.7 Å². The van der Waals surface area contributed by atoms with Crippen LogP contribution < -0.4 is 0 Å². The van der Waals surface area contributed by atoms with Gasteiger partial charge in [0.2, 0.25) is 0 Å². The second-order valence-electron chi connectivity index (χ2n) is 20.3. The highest BCUT2D eigenvalue weighted by molar-refractivity contribution is 5.92. The molecular weight excluding hydrogens is 828 g/mol. The smallest absolute Gasteiger partial charge is 0.187 e. The van der Waals surface area contributed by atoms with E-state index in [1.165, 1.54) is 12.5 Å². The van der Waals surface area contributed by atoms with E-state index in [1.54, 1.807) is 0 Å². The molecular formula is C45H72O18. The second kappa shape index (κ2) is 19.6. The maximum Gasteiger partial charge on any atom is 0.187 e. The van der Waals surface area contributed by atoms with Gasteiger partial charge in [-0.25, -0.2) is 0 Å². The number of aliphatic hydroxyl groups is 10. The van der Waals surface area contributed by atoms with Gasteiger partial charge in [0, 0.05) is 31.3 Å². The van der Waals surface area contributed by atoms with Gasteiger partial charge >= 0.3 is 0 Å². The molecule has 0 aromatic rings. The summed E-state index contributed by atoms with van der Waals surface area (Å²) >= 11 is 0. The number of aliphatic hydroxyl groups excluding tert-OH is 10. The number of allylic oxidation sites excluding steroid dienone is 1. The van der Waals surface area contributed by atoms with Crippen LogP contribution in [0.25, 0.3) is 0 Å². The van der Waals surface area contributed by atoms with Gasteiger partial charge in [-0.15, -0.1) is 0 Å². The topological polar surface area (TPSA) is 292 Å². The van der Waals surface area contributed by atoms with Crippen molar-refractivity contribution in [3.8, 4) is 0 Å². The van der Waals surface area contributed by atoms with E-state index < -0.39 is 111 Å². The molecule has 3 saturated heterocycles. The van der Waals surface area contributed by atoms with Crippen molar-refractivity contribution >= 4 is 11.6 Å². The Kier molecular flexibility index (Phi) is 15.3. The van der Waals surface area contributed by atoms with Crippen LogP contribution in [-0.4, -0.2) is 181 Å². The summed E-state index contributed by atoms with van der Waals surface area (Å²) in [7, 11) is 0. The van der Waals surface area contributed by atoms with Gasteiger partial charge in [0.05, 0.1) is 25.4 Å². The van der Waals surface area contributed by atoms with Crippen molar-refractivity contribution in [3.63, 3.8) is 0 Å².